The van der Waals surface area contributed by atoms with Crippen LogP contribution in [0, 0.1) is 20.8 Å². The van der Waals surface area contributed by atoms with Gasteiger partial charge in [0.05, 0.1) is 23.4 Å². The molecule has 10 heteroatoms. The fraction of sp³-hybridized carbons (Fsp3) is 0.444. The van der Waals surface area contributed by atoms with Gasteiger partial charge in [-0.25, -0.2) is 4.98 Å². The van der Waals surface area contributed by atoms with E-state index in [1.165, 1.54) is 17.1 Å². The third kappa shape index (κ3) is 3.85. The summed E-state index contributed by atoms with van der Waals surface area (Å²) in [6, 6.07) is 0.199. The van der Waals surface area contributed by atoms with Crippen molar-refractivity contribution in [1.29, 1.82) is 0 Å². The van der Waals surface area contributed by atoms with Gasteiger partial charge in [0.1, 0.15) is 5.56 Å². The van der Waals surface area contributed by atoms with E-state index in [9.17, 15) is 9.59 Å². The standard InChI is InChI=1S/C18H23N7O3/c1-10(2)25-12(4)16(11(3)22-25)21-15(26)6-7-24-9-19-8-14(18(24)27)17-20-13(5)23-28-17/h8-10H,6-7H2,1-5H3,(H,21,26). The molecule has 3 rings (SSSR count). The fourth-order valence-corrected chi connectivity index (χ4v) is 2.93. The number of nitrogens with one attached hydrogen (secondary N) is 1. The molecular formula is C18H23N7O3. The zero-order valence-electron chi connectivity index (χ0n) is 16.6. The van der Waals surface area contributed by atoms with Crippen molar-refractivity contribution in [2.75, 3.05) is 5.32 Å². The second-order valence-corrected chi connectivity index (χ2v) is 6.83. The predicted molar refractivity (Wildman–Crippen MR) is 102 cm³/mol. The van der Waals surface area contributed by atoms with Crippen molar-refractivity contribution in [3.05, 3.63) is 40.1 Å². The normalized spacial score (nSPS) is 11.2. The Kier molecular flexibility index (Phi) is 5.39. The number of nitrogens with zero attached hydrogens (tertiary/aromatic N) is 6. The number of aromatic nitrogens is 6. The zero-order chi connectivity index (χ0) is 20.4. The molecule has 0 aliphatic carbocycles. The van der Waals surface area contributed by atoms with E-state index in [2.05, 4.69) is 25.5 Å². The third-order valence-electron chi connectivity index (χ3n) is 4.32. The van der Waals surface area contributed by atoms with E-state index in [4.69, 9.17) is 4.52 Å². The highest BCUT2D eigenvalue weighted by Gasteiger charge is 2.17. The molecule has 0 aromatic carbocycles. The Bertz CT molecular complexity index is 1060. The van der Waals surface area contributed by atoms with Crippen molar-refractivity contribution in [2.24, 2.45) is 0 Å². The molecule has 1 amide bonds. The van der Waals surface area contributed by atoms with E-state index in [0.717, 1.165) is 11.4 Å². The maximum atomic E-state index is 12.6. The van der Waals surface area contributed by atoms with Crippen molar-refractivity contribution in [3.8, 4) is 11.5 Å². The van der Waals surface area contributed by atoms with Crippen molar-refractivity contribution in [3.63, 3.8) is 0 Å². The Morgan fingerprint density at radius 3 is 2.64 bits per heavy atom. The summed E-state index contributed by atoms with van der Waals surface area (Å²) in [4.78, 5) is 33.1. The fourth-order valence-electron chi connectivity index (χ4n) is 2.93. The zero-order valence-corrected chi connectivity index (χ0v) is 16.6. The number of carbonyl (C=O) groups excluding carboxylic acids is 1. The molecule has 28 heavy (non-hydrogen) atoms. The van der Waals surface area contributed by atoms with Crippen LogP contribution < -0.4 is 10.9 Å². The third-order valence-corrected chi connectivity index (χ3v) is 4.32. The summed E-state index contributed by atoms with van der Waals surface area (Å²) in [5.41, 5.74) is 2.22. The first kappa shape index (κ1) is 19.5. The Balaban J connectivity index is 1.71. The summed E-state index contributed by atoms with van der Waals surface area (Å²) in [5.74, 6) is 0.332. The number of aryl methyl sites for hydroxylation is 3. The van der Waals surface area contributed by atoms with Crippen LogP contribution in [0.1, 0.15) is 43.5 Å². The highest BCUT2D eigenvalue weighted by Crippen LogP contribution is 2.22. The van der Waals surface area contributed by atoms with Crippen LogP contribution in [0.15, 0.2) is 21.8 Å². The second-order valence-electron chi connectivity index (χ2n) is 6.83. The summed E-state index contributed by atoms with van der Waals surface area (Å²) in [6.45, 7) is 9.67. The van der Waals surface area contributed by atoms with Crippen LogP contribution in [0.25, 0.3) is 11.5 Å². The van der Waals surface area contributed by atoms with Crippen molar-refractivity contribution >= 4 is 11.6 Å². The largest absolute Gasteiger partial charge is 0.334 e. The molecule has 0 aliphatic rings. The first-order chi connectivity index (χ1) is 13.3. The van der Waals surface area contributed by atoms with Gasteiger partial charge in [-0.3, -0.25) is 18.8 Å². The molecule has 3 aromatic heterocycles. The highest BCUT2D eigenvalue weighted by atomic mass is 16.5. The number of rotatable bonds is 6. The van der Waals surface area contributed by atoms with E-state index >= 15 is 0 Å². The second kappa shape index (κ2) is 7.75. The van der Waals surface area contributed by atoms with Gasteiger partial charge in [-0.2, -0.15) is 10.1 Å². The van der Waals surface area contributed by atoms with Crippen LogP contribution in [-0.4, -0.2) is 35.4 Å². The Labute approximate surface area is 161 Å². The molecule has 1 N–H and O–H groups in total. The quantitative estimate of drug-likeness (QED) is 0.689. The topological polar surface area (TPSA) is 121 Å². The average Bonchev–Trinajstić information content (AvgIpc) is 3.19. The number of anilines is 1. The van der Waals surface area contributed by atoms with Crippen LogP contribution in [-0.2, 0) is 11.3 Å². The van der Waals surface area contributed by atoms with Gasteiger partial charge in [-0.05, 0) is 34.6 Å². The van der Waals surface area contributed by atoms with Gasteiger partial charge in [-0.15, -0.1) is 0 Å². The van der Waals surface area contributed by atoms with Gasteiger partial charge in [0, 0.05) is 25.2 Å². The van der Waals surface area contributed by atoms with Crippen LogP contribution in [0.5, 0.6) is 0 Å². The van der Waals surface area contributed by atoms with E-state index < -0.39 is 0 Å². The number of amides is 1. The monoisotopic (exact) mass is 385 g/mol. The first-order valence-electron chi connectivity index (χ1n) is 8.98. The predicted octanol–water partition coefficient (Wildman–Crippen LogP) is 2.02. The minimum absolute atomic E-state index is 0.111. The summed E-state index contributed by atoms with van der Waals surface area (Å²) in [7, 11) is 0. The van der Waals surface area contributed by atoms with Crippen LogP contribution >= 0.6 is 0 Å². The molecular weight excluding hydrogens is 362 g/mol. The smallest absolute Gasteiger partial charge is 0.266 e. The van der Waals surface area contributed by atoms with Gasteiger partial charge in [0.2, 0.25) is 5.91 Å². The minimum Gasteiger partial charge on any atom is -0.334 e. The molecule has 3 heterocycles. The molecule has 3 aromatic rings. The lowest BCUT2D eigenvalue weighted by Gasteiger charge is -2.10. The lowest BCUT2D eigenvalue weighted by Crippen LogP contribution is -2.24. The van der Waals surface area contributed by atoms with Gasteiger partial charge in [-0.1, -0.05) is 5.16 Å². The van der Waals surface area contributed by atoms with Crippen molar-refractivity contribution in [2.45, 2.75) is 53.6 Å². The van der Waals surface area contributed by atoms with E-state index in [1.54, 1.807) is 6.92 Å². The van der Waals surface area contributed by atoms with Crippen LogP contribution in [0.4, 0.5) is 5.69 Å². The lowest BCUT2D eigenvalue weighted by molar-refractivity contribution is -0.116. The number of hydrogen-bond acceptors (Lipinski definition) is 7. The molecule has 10 nitrogen and oxygen atoms in total. The summed E-state index contributed by atoms with van der Waals surface area (Å²) in [6.07, 6.45) is 2.87. The van der Waals surface area contributed by atoms with E-state index in [1.807, 2.05) is 32.4 Å². The van der Waals surface area contributed by atoms with Crippen molar-refractivity contribution in [1.82, 2.24) is 29.5 Å². The highest BCUT2D eigenvalue weighted by molar-refractivity contribution is 5.91. The molecule has 0 radical (unpaired) electrons. The van der Waals surface area contributed by atoms with E-state index in [-0.39, 0.29) is 41.9 Å². The average molecular weight is 385 g/mol. The molecule has 0 fully saturated rings. The Hall–Kier alpha value is -3.30. The molecule has 0 saturated heterocycles. The SMILES string of the molecule is Cc1noc(-c2cncn(CCC(=O)Nc3c(C)nn(C(C)C)c3C)c2=O)n1. The molecule has 0 unspecified atom stereocenters. The maximum Gasteiger partial charge on any atom is 0.266 e. The molecule has 0 aliphatic heterocycles. The van der Waals surface area contributed by atoms with Gasteiger partial charge < -0.3 is 9.84 Å². The van der Waals surface area contributed by atoms with E-state index in [0.29, 0.717) is 11.5 Å². The molecule has 0 spiro atoms. The van der Waals surface area contributed by atoms with Gasteiger partial charge >= 0.3 is 0 Å². The summed E-state index contributed by atoms with van der Waals surface area (Å²) in [5, 5.41) is 11.0. The maximum absolute atomic E-state index is 12.6. The first-order valence-corrected chi connectivity index (χ1v) is 8.98. The van der Waals surface area contributed by atoms with Crippen molar-refractivity contribution < 1.29 is 9.32 Å². The van der Waals surface area contributed by atoms with Gasteiger partial charge in [0.25, 0.3) is 11.4 Å². The molecule has 0 bridgehead atoms. The molecule has 148 valence electrons. The molecule has 0 saturated carbocycles. The number of hydrogen-bond donors (Lipinski definition) is 1. The van der Waals surface area contributed by atoms with Gasteiger partial charge in [0.15, 0.2) is 5.82 Å². The Morgan fingerprint density at radius 1 is 1.29 bits per heavy atom. The lowest BCUT2D eigenvalue weighted by atomic mass is 10.2. The van der Waals surface area contributed by atoms with Crippen LogP contribution in [0.2, 0.25) is 0 Å². The number of carbonyl (C=O) groups is 1. The minimum atomic E-state index is -0.341. The Morgan fingerprint density at radius 2 is 2.04 bits per heavy atom. The molecule has 0 atom stereocenters. The summed E-state index contributed by atoms with van der Waals surface area (Å²) >= 11 is 0. The van der Waals surface area contributed by atoms with Crippen LogP contribution in [0.3, 0.4) is 0 Å². The summed E-state index contributed by atoms with van der Waals surface area (Å²) < 4.78 is 8.26.